The van der Waals surface area contributed by atoms with Gasteiger partial charge in [0, 0.05) is 13.8 Å². The van der Waals surface area contributed by atoms with E-state index in [0.29, 0.717) is 6.08 Å². The summed E-state index contributed by atoms with van der Waals surface area (Å²) in [5.74, 6) is -2.62. The molecular weight excluding hydrogens is 261 g/mol. The van der Waals surface area contributed by atoms with Gasteiger partial charge in [-0.1, -0.05) is 11.6 Å². The number of aryl methyl sites for hydroxylation is 2. The average molecular weight is 278 g/mol. The minimum atomic E-state index is -5.10. The molecule has 0 radical (unpaired) electrons. The number of ether oxygens (including phenoxy) is 1. The fourth-order valence-electron chi connectivity index (χ4n) is 1.73. The van der Waals surface area contributed by atoms with Gasteiger partial charge in [0.1, 0.15) is 5.75 Å². The van der Waals surface area contributed by atoms with E-state index in [1.165, 1.54) is 0 Å². The van der Waals surface area contributed by atoms with Gasteiger partial charge in [0.25, 0.3) is 0 Å². The molecule has 0 fully saturated rings. The highest BCUT2D eigenvalue weighted by Crippen LogP contribution is 2.39. The van der Waals surface area contributed by atoms with Crippen molar-refractivity contribution in [3.63, 3.8) is 0 Å². The van der Waals surface area contributed by atoms with Crippen LogP contribution in [0.4, 0.5) is 13.2 Å². The Morgan fingerprint density at radius 3 is 2.68 bits per heavy atom. The van der Waals surface area contributed by atoms with E-state index in [1.54, 1.807) is 0 Å². The molecule has 1 heterocycles. The van der Waals surface area contributed by atoms with Crippen molar-refractivity contribution in [1.29, 1.82) is 0 Å². The molecule has 1 atom stereocenters. The van der Waals surface area contributed by atoms with Gasteiger partial charge in [0.15, 0.2) is 0 Å². The number of fused-ring (bicyclic) bond motifs is 1. The first-order chi connectivity index (χ1) is 11.1. The molecule has 0 amide bonds. The van der Waals surface area contributed by atoms with Crippen molar-refractivity contribution in [3.05, 3.63) is 34.4 Å². The van der Waals surface area contributed by atoms with Crippen LogP contribution in [0.2, 0.25) is 0 Å². The highest BCUT2D eigenvalue weighted by molar-refractivity contribution is 5.95. The van der Waals surface area contributed by atoms with Crippen molar-refractivity contribution in [3.8, 4) is 5.75 Å². The Balaban J connectivity index is 2.79. The molecule has 0 saturated heterocycles. The van der Waals surface area contributed by atoms with E-state index in [9.17, 15) is 18.0 Å². The second-order valence-corrected chi connectivity index (χ2v) is 3.89. The fraction of sp³-hybridized carbons (Fsp3) is 0.308. The Morgan fingerprint density at radius 1 is 1.42 bits per heavy atom. The van der Waals surface area contributed by atoms with Gasteiger partial charge in [-0.05, 0) is 31.4 Å². The first-order valence-corrected chi connectivity index (χ1v) is 4.99. The summed E-state index contributed by atoms with van der Waals surface area (Å²) in [6, 6.07) is 1.62. The van der Waals surface area contributed by atoms with Crippen molar-refractivity contribution in [1.82, 2.24) is 0 Å². The Labute approximate surface area is 115 Å². The summed E-state index contributed by atoms with van der Waals surface area (Å²) >= 11 is 0. The molecule has 1 aliphatic rings. The largest absolute Gasteiger partial charge is 0.478 e. The van der Waals surface area contributed by atoms with E-state index < -0.39 is 54.4 Å². The molecule has 3 nitrogen and oxygen atoms in total. The zero-order valence-electron chi connectivity index (χ0n) is 15.2. The Kier molecular flexibility index (Phi) is 1.71. The monoisotopic (exact) mass is 278 g/mol. The van der Waals surface area contributed by atoms with Gasteiger partial charge in [-0.15, -0.1) is 0 Å². The fourth-order valence-corrected chi connectivity index (χ4v) is 1.73. The molecule has 102 valence electrons. The summed E-state index contributed by atoms with van der Waals surface area (Å²) in [6.45, 7) is -5.71. The number of hydrogen-bond acceptors (Lipinski definition) is 2. The van der Waals surface area contributed by atoms with Crippen LogP contribution in [0.1, 0.15) is 24.9 Å². The van der Waals surface area contributed by atoms with Crippen molar-refractivity contribution >= 4 is 12.0 Å². The second-order valence-electron chi connectivity index (χ2n) is 3.89. The smallest absolute Gasteiger partial charge is 0.430 e. The standard InChI is InChI=1S/C13H11F3O3/c1-6-3-7(2)10-8(4-6)5-9(12(17)18)11(19-10)13(14,15)16/h3-5,11H,1-2H3,(H,17,18)/t11-/m0/s1/i1D3,2D3. The van der Waals surface area contributed by atoms with Gasteiger partial charge in [-0.25, -0.2) is 4.79 Å². The van der Waals surface area contributed by atoms with Gasteiger partial charge in [-0.2, -0.15) is 13.2 Å². The lowest BCUT2D eigenvalue weighted by molar-refractivity contribution is -0.187. The molecule has 1 aromatic carbocycles. The van der Waals surface area contributed by atoms with Crippen LogP contribution in [-0.2, 0) is 4.79 Å². The summed E-state index contributed by atoms with van der Waals surface area (Å²) in [7, 11) is 0. The van der Waals surface area contributed by atoms with E-state index in [1.807, 2.05) is 0 Å². The molecule has 1 N–H and O–H groups in total. The Hall–Kier alpha value is -1.98. The van der Waals surface area contributed by atoms with Gasteiger partial charge in [-0.3, -0.25) is 0 Å². The molecule has 6 heteroatoms. The van der Waals surface area contributed by atoms with Crippen LogP contribution in [0, 0.1) is 13.7 Å². The number of rotatable bonds is 1. The third-order valence-electron chi connectivity index (χ3n) is 2.49. The molecule has 0 aromatic heterocycles. The maximum Gasteiger partial charge on any atom is 0.430 e. The van der Waals surface area contributed by atoms with E-state index in [4.69, 9.17) is 13.3 Å². The summed E-state index contributed by atoms with van der Waals surface area (Å²) in [4.78, 5) is 11.1. The topological polar surface area (TPSA) is 46.5 Å². The van der Waals surface area contributed by atoms with Crippen molar-refractivity contribution in [2.45, 2.75) is 26.0 Å². The summed E-state index contributed by atoms with van der Waals surface area (Å²) in [6.07, 6.45) is -7.38. The quantitative estimate of drug-likeness (QED) is 0.858. The lowest BCUT2D eigenvalue weighted by Crippen LogP contribution is -2.40. The molecule has 0 spiro atoms. The third kappa shape index (κ3) is 2.43. The van der Waals surface area contributed by atoms with E-state index in [2.05, 4.69) is 4.74 Å². The van der Waals surface area contributed by atoms with Crippen molar-refractivity contribution in [2.75, 3.05) is 0 Å². The van der Waals surface area contributed by atoms with Gasteiger partial charge in [0.2, 0.25) is 6.10 Å². The van der Waals surface area contributed by atoms with Crippen molar-refractivity contribution in [2.24, 2.45) is 0 Å². The average Bonchev–Trinajstić information content (AvgIpc) is 2.41. The molecule has 0 aliphatic carbocycles. The van der Waals surface area contributed by atoms with Crippen LogP contribution in [-0.4, -0.2) is 23.4 Å². The normalized spacial score (nSPS) is 24.4. The van der Waals surface area contributed by atoms with Crippen LogP contribution in [0.15, 0.2) is 17.7 Å². The number of alkyl halides is 3. The number of carboxylic acid groups (broad SMARTS) is 1. The maximum atomic E-state index is 13.1. The molecule has 2 rings (SSSR count). The summed E-state index contributed by atoms with van der Waals surface area (Å²) in [5.41, 5.74) is -2.70. The minimum Gasteiger partial charge on any atom is -0.478 e. The predicted octanol–water partition coefficient (Wildman–Crippen LogP) is 3.09. The summed E-state index contributed by atoms with van der Waals surface area (Å²) in [5, 5.41) is 8.99. The van der Waals surface area contributed by atoms with Crippen molar-refractivity contribution < 1.29 is 36.0 Å². The highest BCUT2D eigenvalue weighted by Gasteiger charge is 2.48. The molecule has 1 aromatic rings. The zero-order chi connectivity index (χ0) is 19.4. The lowest BCUT2D eigenvalue weighted by atomic mass is 9.97. The predicted molar refractivity (Wildman–Crippen MR) is 62.0 cm³/mol. The lowest BCUT2D eigenvalue weighted by Gasteiger charge is -2.28. The first-order valence-electron chi connectivity index (χ1n) is 7.99. The molecule has 19 heavy (non-hydrogen) atoms. The Morgan fingerprint density at radius 2 is 2.16 bits per heavy atom. The second kappa shape index (κ2) is 4.29. The molecule has 0 bridgehead atoms. The van der Waals surface area contributed by atoms with Crippen LogP contribution >= 0.6 is 0 Å². The third-order valence-corrected chi connectivity index (χ3v) is 2.49. The molecular formula is C13H11F3O3. The first kappa shape index (κ1) is 7.57. The minimum absolute atomic E-state index is 0.349. The zero-order valence-corrected chi connectivity index (χ0v) is 9.21. The van der Waals surface area contributed by atoms with E-state index in [0.717, 1.165) is 12.1 Å². The van der Waals surface area contributed by atoms with Gasteiger partial charge in [0.05, 0.1) is 5.57 Å². The highest BCUT2D eigenvalue weighted by atomic mass is 19.4. The molecule has 0 unspecified atom stereocenters. The summed E-state index contributed by atoms with van der Waals surface area (Å²) < 4.78 is 88.3. The number of carbonyl (C=O) groups is 1. The van der Waals surface area contributed by atoms with Gasteiger partial charge >= 0.3 is 12.1 Å². The van der Waals surface area contributed by atoms with E-state index in [-0.39, 0.29) is 5.56 Å². The number of halogens is 3. The molecule has 0 saturated carbocycles. The number of aliphatic carboxylic acids is 1. The van der Waals surface area contributed by atoms with Crippen LogP contribution in [0.25, 0.3) is 6.08 Å². The van der Waals surface area contributed by atoms with E-state index >= 15 is 0 Å². The van der Waals surface area contributed by atoms with Crippen LogP contribution in [0.3, 0.4) is 0 Å². The number of benzene rings is 1. The Bertz CT molecular complexity index is 749. The number of hydrogen-bond donors (Lipinski definition) is 1. The van der Waals surface area contributed by atoms with Crippen LogP contribution in [0.5, 0.6) is 5.75 Å². The number of carboxylic acids is 1. The maximum absolute atomic E-state index is 13.1. The molecule has 1 aliphatic heterocycles. The van der Waals surface area contributed by atoms with Gasteiger partial charge < -0.3 is 9.84 Å². The SMILES string of the molecule is [2H]C([2H])([2H])c1cc2c(c(C([2H])([2H])[2H])c1)O[C@H](C(F)(F)F)C(C(=O)O)=C2. The van der Waals surface area contributed by atoms with Crippen LogP contribution < -0.4 is 4.74 Å².